The predicted octanol–water partition coefficient (Wildman–Crippen LogP) is 1.87. The number of hydrogen-bond donors (Lipinski definition) is 0. The van der Waals surface area contributed by atoms with Crippen LogP contribution in [-0.2, 0) is 0 Å². The summed E-state index contributed by atoms with van der Waals surface area (Å²) in [6.07, 6.45) is 3.66. The summed E-state index contributed by atoms with van der Waals surface area (Å²) in [5.74, 6) is 0.905. The number of rotatable bonds is 1. The van der Waals surface area contributed by atoms with Crippen LogP contribution in [0.1, 0.15) is 5.56 Å². The molecular weight excluding hydrogens is 160 g/mol. The Hall–Kier alpha value is -1.70. The van der Waals surface area contributed by atoms with Crippen LogP contribution >= 0.6 is 0 Å². The van der Waals surface area contributed by atoms with E-state index >= 15 is 0 Å². The summed E-state index contributed by atoms with van der Waals surface area (Å²) in [4.78, 5) is 7.32. The van der Waals surface area contributed by atoms with Gasteiger partial charge < -0.3 is 0 Å². The minimum atomic E-state index is 0.905. The molecule has 0 atom stereocenters. The summed E-state index contributed by atoms with van der Waals surface area (Å²) in [6.45, 7) is 2.08. The highest BCUT2D eigenvalue weighted by Crippen LogP contribution is 2.11. The van der Waals surface area contributed by atoms with Crippen molar-refractivity contribution in [2.75, 3.05) is 0 Å². The second-order valence-electron chi connectivity index (χ2n) is 3.00. The van der Waals surface area contributed by atoms with Gasteiger partial charge in [-0.3, -0.25) is 0 Å². The molecule has 1 aromatic heterocycles. The molecule has 0 spiro atoms. The summed E-state index contributed by atoms with van der Waals surface area (Å²) in [5, 5.41) is 0. The van der Waals surface area contributed by atoms with Crippen LogP contribution in [0.2, 0.25) is 0 Å². The molecule has 2 aromatic rings. The highest BCUT2D eigenvalue weighted by atomic mass is 14.8. The topological polar surface area (TPSA) is 27.0 Å². The molecule has 1 aromatic carbocycles. The van der Waals surface area contributed by atoms with Crippen molar-refractivity contribution in [3.8, 4) is 11.4 Å². The largest absolute Gasteiger partial charge is 0.327 e. The van der Waals surface area contributed by atoms with Crippen molar-refractivity contribution in [2.45, 2.75) is 6.92 Å². The zero-order valence-corrected chi connectivity index (χ0v) is 7.49. The van der Waals surface area contributed by atoms with Gasteiger partial charge in [-0.05, 0) is 24.0 Å². The van der Waals surface area contributed by atoms with E-state index in [0.717, 1.165) is 11.4 Å². The minimum Gasteiger partial charge on any atom is -0.244 e. The molecule has 0 unspecified atom stereocenters. The van der Waals surface area contributed by atoms with Crippen molar-refractivity contribution in [3.63, 3.8) is 0 Å². The summed E-state index contributed by atoms with van der Waals surface area (Å²) >= 11 is 0. The van der Waals surface area contributed by atoms with Crippen molar-refractivity contribution in [3.05, 3.63) is 48.3 Å². The maximum absolute atomic E-state index is 4.22. The van der Waals surface area contributed by atoms with E-state index in [1.54, 1.807) is 6.20 Å². The fourth-order valence-electron chi connectivity index (χ4n) is 1.19. The van der Waals surface area contributed by atoms with E-state index in [1.807, 2.05) is 12.3 Å². The molecule has 0 saturated heterocycles. The molecule has 0 aliphatic rings. The maximum Gasteiger partial charge on any atom is 0.327 e. The van der Waals surface area contributed by atoms with Gasteiger partial charge >= 0.3 is 5.82 Å². The second-order valence-corrected chi connectivity index (χ2v) is 3.00. The van der Waals surface area contributed by atoms with Gasteiger partial charge in [0.05, 0.1) is 11.8 Å². The standard InChI is InChI=1S/C11H10N2/c1-9-3-5-10(6-4-9)11-12-7-2-8-13-11/h2-8H,1H3/p+1. The Balaban J connectivity index is 2.42. The fourth-order valence-corrected chi connectivity index (χ4v) is 1.19. The van der Waals surface area contributed by atoms with Crippen LogP contribution in [0.25, 0.3) is 11.4 Å². The van der Waals surface area contributed by atoms with E-state index in [1.165, 1.54) is 5.56 Å². The molecule has 0 radical (unpaired) electrons. The molecular formula is C11H11N2+. The lowest BCUT2D eigenvalue weighted by molar-refractivity contribution is -0.368. The van der Waals surface area contributed by atoms with Gasteiger partial charge in [-0.2, -0.15) is 0 Å². The number of hydrogen-bond acceptors (Lipinski definition) is 1. The molecule has 1 heterocycles. The Kier molecular flexibility index (Phi) is 2.04. The van der Waals surface area contributed by atoms with Gasteiger partial charge in [0.15, 0.2) is 0 Å². The van der Waals surface area contributed by atoms with E-state index in [2.05, 4.69) is 41.2 Å². The summed E-state index contributed by atoms with van der Waals surface area (Å²) in [6, 6.07) is 10.2. The Labute approximate surface area is 77.3 Å². The van der Waals surface area contributed by atoms with Gasteiger partial charge in [0.25, 0.3) is 0 Å². The number of aromatic nitrogens is 2. The number of aromatic amines is 1. The molecule has 0 fully saturated rings. The van der Waals surface area contributed by atoms with Crippen LogP contribution < -0.4 is 4.98 Å². The lowest BCUT2D eigenvalue weighted by Gasteiger charge is -1.93. The number of H-pyrrole nitrogens is 1. The van der Waals surface area contributed by atoms with Gasteiger partial charge in [-0.1, -0.05) is 17.7 Å². The van der Waals surface area contributed by atoms with Crippen molar-refractivity contribution in [1.82, 2.24) is 4.98 Å². The maximum atomic E-state index is 4.22. The molecule has 2 heteroatoms. The average Bonchev–Trinajstić information content (AvgIpc) is 2.20. The molecule has 1 N–H and O–H groups in total. The lowest BCUT2D eigenvalue weighted by atomic mass is 10.1. The Bertz CT molecular complexity index is 379. The molecule has 64 valence electrons. The zero-order chi connectivity index (χ0) is 9.10. The van der Waals surface area contributed by atoms with E-state index in [0.29, 0.717) is 0 Å². The van der Waals surface area contributed by atoms with Crippen molar-refractivity contribution < 1.29 is 4.98 Å². The van der Waals surface area contributed by atoms with Gasteiger partial charge in [-0.15, -0.1) is 0 Å². The predicted molar refractivity (Wildman–Crippen MR) is 51.0 cm³/mol. The Morgan fingerprint density at radius 1 is 1.15 bits per heavy atom. The van der Waals surface area contributed by atoms with Gasteiger partial charge in [0, 0.05) is 6.07 Å². The SMILES string of the molecule is Cc1ccc(-c2nccc[nH+]2)cc1. The highest BCUT2D eigenvalue weighted by Gasteiger charge is 2.04. The van der Waals surface area contributed by atoms with Gasteiger partial charge in [0.1, 0.15) is 6.20 Å². The van der Waals surface area contributed by atoms with Crippen LogP contribution in [0.4, 0.5) is 0 Å². The van der Waals surface area contributed by atoms with Crippen LogP contribution in [0.5, 0.6) is 0 Å². The first-order chi connectivity index (χ1) is 6.36. The second kappa shape index (κ2) is 3.35. The average molecular weight is 171 g/mol. The summed E-state index contributed by atoms with van der Waals surface area (Å²) < 4.78 is 0. The number of nitrogens with zero attached hydrogens (tertiary/aromatic N) is 1. The summed E-state index contributed by atoms with van der Waals surface area (Å²) in [7, 11) is 0. The first-order valence-corrected chi connectivity index (χ1v) is 4.26. The van der Waals surface area contributed by atoms with Crippen molar-refractivity contribution in [1.29, 1.82) is 0 Å². The molecule has 2 rings (SSSR count). The zero-order valence-electron chi connectivity index (χ0n) is 7.49. The van der Waals surface area contributed by atoms with Crippen LogP contribution in [0.15, 0.2) is 42.7 Å². The number of nitrogens with one attached hydrogen (secondary N) is 1. The molecule has 13 heavy (non-hydrogen) atoms. The van der Waals surface area contributed by atoms with E-state index in [-0.39, 0.29) is 0 Å². The van der Waals surface area contributed by atoms with Gasteiger partial charge in [-0.25, -0.2) is 4.98 Å². The van der Waals surface area contributed by atoms with Crippen LogP contribution in [-0.4, -0.2) is 4.98 Å². The van der Waals surface area contributed by atoms with Crippen molar-refractivity contribution in [2.24, 2.45) is 0 Å². The molecule has 0 aliphatic carbocycles. The van der Waals surface area contributed by atoms with Gasteiger partial charge in [0.2, 0.25) is 0 Å². The number of benzene rings is 1. The Morgan fingerprint density at radius 2 is 1.92 bits per heavy atom. The third-order valence-corrected chi connectivity index (χ3v) is 1.93. The monoisotopic (exact) mass is 171 g/mol. The van der Waals surface area contributed by atoms with Crippen LogP contribution in [0, 0.1) is 6.92 Å². The number of aryl methyl sites for hydroxylation is 1. The molecule has 0 saturated carbocycles. The van der Waals surface area contributed by atoms with E-state index < -0.39 is 0 Å². The van der Waals surface area contributed by atoms with Crippen molar-refractivity contribution >= 4 is 0 Å². The third-order valence-electron chi connectivity index (χ3n) is 1.93. The highest BCUT2D eigenvalue weighted by molar-refractivity contribution is 5.51. The molecule has 0 amide bonds. The molecule has 0 aliphatic heterocycles. The first kappa shape index (κ1) is 7.92. The molecule has 2 nitrogen and oxygen atoms in total. The Morgan fingerprint density at radius 3 is 2.54 bits per heavy atom. The summed E-state index contributed by atoms with van der Waals surface area (Å²) in [5.41, 5.74) is 2.38. The normalized spacial score (nSPS) is 9.92. The smallest absolute Gasteiger partial charge is 0.244 e. The lowest BCUT2D eigenvalue weighted by Crippen LogP contribution is -2.06. The van der Waals surface area contributed by atoms with E-state index in [9.17, 15) is 0 Å². The first-order valence-electron chi connectivity index (χ1n) is 4.26. The molecule has 0 bridgehead atoms. The fraction of sp³-hybridized carbons (Fsp3) is 0.0909. The minimum absolute atomic E-state index is 0.905. The third kappa shape index (κ3) is 1.72. The van der Waals surface area contributed by atoms with E-state index in [4.69, 9.17) is 0 Å². The van der Waals surface area contributed by atoms with Crippen LogP contribution in [0.3, 0.4) is 0 Å². The quantitative estimate of drug-likeness (QED) is 0.643.